The third kappa shape index (κ3) is 2.45. The van der Waals surface area contributed by atoms with Crippen LogP contribution in [0.4, 0.5) is 0 Å². The van der Waals surface area contributed by atoms with Crippen molar-refractivity contribution in [1.29, 1.82) is 0 Å². The molecule has 0 aliphatic carbocycles. The molecule has 0 aliphatic heterocycles. The summed E-state index contributed by atoms with van der Waals surface area (Å²) in [4.78, 5) is 15.6. The quantitative estimate of drug-likeness (QED) is 0.686. The van der Waals surface area contributed by atoms with Crippen LogP contribution in [0.25, 0.3) is 21.9 Å². The third-order valence-corrected chi connectivity index (χ3v) is 3.99. The van der Waals surface area contributed by atoms with Crippen molar-refractivity contribution in [2.45, 2.75) is 33.1 Å². The lowest BCUT2D eigenvalue weighted by Gasteiger charge is -2.24. The zero-order valence-corrected chi connectivity index (χ0v) is 13.5. The van der Waals surface area contributed by atoms with Gasteiger partial charge in [0.2, 0.25) is 0 Å². The number of fused-ring (bicyclic) bond motifs is 1. The van der Waals surface area contributed by atoms with Crippen LogP contribution < -0.4 is 5.56 Å². The van der Waals surface area contributed by atoms with E-state index in [1.807, 2.05) is 30.3 Å². The van der Waals surface area contributed by atoms with E-state index in [4.69, 9.17) is 0 Å². The minimum absolute atomic E-state index is 0.0143. The average Bonchev–Trinajstić information content (AvgIpc) is 2.46. The molecular weight excluding hydrogens is 270 g/mol. The van der Waals surface area contributed by atoms with E-state index in [0.717, 1.165) is 33.2 Å². The maximum Gasteiger partial charge on any atom is 0.256 e. The van der Waals surface area contributed by atoms with Crippen molar-refractivity contribution < 1.29 is 0 Å². The molecule has 0 radical (unpaired) electrons. The molecular formula is C20H21NO. The molecule has 1 N–H and O–H groups in total. The Bertz CT molecular complexity index is 883. The van der Waals surface area contributed by atoms with Gasteiger partial charge < -0.3 is 4.98 Å². The Morgan fingerprint density at radius 3 is 2.23 bits per heavy atom. The first-order valence-electron chi connectivity index (χ1n) is 7.60. The zero-order chi connectivity index (χ0) is 15.9. The summed E-state index contributed by atoms with van der Waals surface area (Å²) in [6, 6.07) is 16.3. The minimum atomic E-state index is -0.137. The fraction of sp³-hybridized carbons (Fsp3) is 0.250. The summed E-state index contributed by atoms with van der Waals surface area (Å²) in [7, 11) is 0. The van der Waals surface area contributed by atoms with Gasteiger partial charge in [-0.15, -0.1) is 0 Å². The smallest absolute Gasteiger partial charge is 0.256 e. The van der Waals surface area contributed by atoms with E-state index >= 15 is 0 Å². The van der Waals surface area contributed by atoms with Gasteiger partial charge in [-0.05, 0) is 23.9 Å². The summed E-state index contributed by atoms with van der Waals surface area (Å²) < 4.78 is 0. The van der Waals surface area contributed by atoms with Crippen molar-refractivity contribution in [3.05, 3.63) is 70.1 Å². The van der Waals surface area contributed by atoms with Crippen molar-refractivity contribution in [2.75, 3.05) is 0 Å². The lowest BCUT2D eigenvalue weighted by molar-refractivity contribution is 0.570. The largest absolute Gasteiger partial charge is 0.325 e. The first-order chi connectivity index (χ1) is 10.4. The van der Waals surface area contributed by atoms with E-state index in [0.29, 0.717) is 0 Å². The molecule has 2 heteroatoms. The van der Waals surface area contributed by atoms with E-state index in [1.165, 1.54) is 0 Å². The molecule has 0 bridgehead atoms. The van der Waals surface area contributed by atoms with Crippen molar-refractivity contribution in [1.82, 2.24) is 4.98 Å². The Morgan fingerprint density at radius 1 is 0.909 bits per heavy atom. The van der Waals surface area contributed by atoms with Crippen molar-refractivity contribution in [3.8, 4) is 11.1 Å². The van der Waals surface area contributed by atoms with Gasteiger partial charge in [-0.1, -0.05) is 68.8 Å². The molecule has 3 rings (SSSR count). The molecule has 22 heavy (non-hydrogen) atoms. The predicted molar refractivity (Wildman–Crippen MR) is 93.4 cm³/mol. The van der Waals surface area contributed by atoms with Gasteiger partial charge in [0.1, 0.15) is 0 Å². The molecule has 0 aliphatic rings. The number of nitrogens with one attached hydrogen (secondary N) is 1. The van der Waals surface area contributed by atoms with Crippen LogP contribution in [0.1, 0.15) is 32.0 Å². The predicted octanol–water partition coefficient (Wildman–Crippen LogP) is 4.80. The number of benzene rings is 2. The van der Waals surface area contributed by atoms with Gasteiger partial charge in [0.15, 0.2) is 0 Å². The molecule has 2 nitrogen and oxygen atoms in total. The normalized spacial score (nSPS) is 11.8. The van der Waals surface area contributed by atoms with Crippen LogP contribution in [-0.2, 0) is 5.41 Å². The van der Waals surface area contributed by atoms with E-state index in [2.05, 4.69) is 50.9 Å². The lowest BCUT2D eigenvalue weighted by Crippen LogP contribution is -2.21. The Hall–Kier alpha value is -2.35. The average molecular weight is 291 g/mol. The van der Waals surface area contributed by atoms with Crippen molar-refractivity contribution in [3.63, 3.8) is 0 Å². The van der Waals surface area contributed by atoms with Crippen LogP contribution in [0.15, 0.2) is 53.3 Å². The highest BCUT2D eigenvalue weighted by atomic mass is 16.1. The maximum absolute atomic E-state index is 12.5. The molecule has 0 atom stereocenters. The SMILES string of the molecule is Cc1ccc2c(=O)[nH]c(C(C)(C)C)c(-c3ccccc3)c2c1. The summed E-state index contributed by atoms with van der Waals surface area (Å²) in [5, 5.41) is 1.78. The highest BCUT2D eigenvalue weighted by Crippen LogP contribution is 2.35. The van der Waals surface area contributed by atoms with E-state index < -0.39 is 0 Å². The van der Waals surface area contributed by atoms with Crippen molar-refractivity contribution >= 4 is 10.8 Å². The summed E-state index contributed by atoms with van der Waals surface area (Å²) in [6.07, 6.45) is 0. The topological polar surface area (TPSA) is 32.9 Å². The number of H-pyrrole nitrogens is 1. The molecule has 0 spiro atoms. The number of pyridine rings is 1. The summed E-state index contributed by atoms with van der Waals surface area (Å²) in [6.45, 7) is 8.46. The van der Waals surface area contributed by atoms with Gasteiger partial charge in [-0.2, -0.15) is 0 Å². The molecule has 0 unspecified atom stereocenters. The van der Waals surface area contributed by atoms with Crippen LogP contribution >= 0.6 is 0 Å². The summed E-state index contributed by atoms with van der Waals surface area (Å²) in [5.74, 6) is 0. The standard InChI is InChI=1S/C20H21NO/c1-13-10-11-15-16(12-13)17(14-8-6-5-7-9-14)18(20(2,3)4)21-19(15)22/h5-12H,1-4H3,(H,21,22). The van der Waals surface area contributed by atoms with Gasteiger partial charge in [-0.3, -0.25) is 4.79 Å². The van der Waals surface area contributed by atoms with Crippen LogP contribution in [0.2, 0.25) is 0 Å². The van der Waals surface area contributed by atoms with Crippen molar-refractivity contribution in [2.24, 2.45) is 0 Å². The zero-order valence-electron chi connectivity index (χ0n) is 13.5. The van der Waals surface area contributed by atoms with Crippen LogP contribution in [0, 0.1) is 6.92 Å². The van der Waals surface area contributed by atoms with Crippen LogP contribution in [0.3, 0.4) is 0 Å². The highest BCUT2D eigenvalue weighted by Gasteiger charge is 2.23. The van der Waals surface area contributed by atoms with Gasteiger partial charge in [0.05, 0.1) is 0 Å². The van der Waals surface area contributed by atoms with Crippen LogP contribution in [-0.4, -0.2) is 4.98 Å². The molecule has 0 saturated heterocycles. The maximum atomic E-state index is 12.5. The second-order valence-corrected chi connectivity index (χ2v) is 6.87. The fourth-order valence-electron chi connectivity index (χ4n) is 2.91. The second kappa shape index (κ2) is 5.13. The Labute approximate surface area is 130 Å². The van der Waals surface area contributed by atoms with Gasteiger partial charge in [0.25, 0.3) is 5.56 Å². The number of aromatic nitrogens is 1. The number of hydrogen-bond acceptors (Lipinski definition) is 1. The summed E-state index contributed by atoms with van der Waals surface area (Å²) >= 11 is 0. The highest BCUT2D eigenvalue weighted by molar-refractivity contribution is 5.97. The molecule has 0 fully saturated rings. The van der Waals surface area contributed by atoms with Crippen LogP contribution in [0.5, 0.6) is 0 Å². The molecule has 1 aromatic heterocycles. The second-order valence-electron chi connectivity index (χ2n) is 6.87. The van der Waals surface area contributed by atoms with E-state index in [9.17, 15) is 4.79 Å². The monoisotopic (exact) mass is 291 g/mol. The lowest BCUT2D eigenvalue weighted by atomic mass is 9.84. The van der Waals surface area contributed by atoms with Gasteiger partial charge >= 0.3 is 0 Å². The van der Waals surface area contributed by atoms with Gasteiger partial charge in [0, 0.05) is 22.1 Å². The third-order valence-electron chi connectivity index (χ3n) is 3.99. The molecule has 2 aromatic carbocycles. The van der Waals surface area contributed by atoms with E-state index in [1.54, 1.807) is 0 Å². The number of hydrogen-bond donors (Lipinski definition) is 1. The molecule has 0 amide bonds. The van der Waals surface area contributed by atoms with Gasteiger partial charge in [-0.25, -0.2) is 0 Å². The Balaban J connectivity index is 2.52. The van der Waals surface area contributed by atoms with E-state index in [-0.39, 0.29) is 11.0 Å². The fourth-order valence-corrected chi connectivity index (χ4v) is 2.91. The Morgan fingerprint density at radius 2 is 1.59 bits per heavy atom. The molecule has 0 saturated carbocycles. The summed E-state index contributed by atoms with van der Waals surface area (Å²) in [5.41, 5.74) is 4.27. The first-order valence-corrected chi connectivity index (χ1v) is 7.60. The first kappa shape index (κ1) is 14.6. The Kier molecular flexibility index (Phi) is 3.40. The minimum Gasteiger partial charge on any atom is -0.325 e. The number of aryl methyl sites for hydroxylation is 1. The molecule has 3 aromatic rings. The number of aromatic amines is 1. The number of rotatable bonds is 1. The molecule has 112 valence electrons. The molecule has 1 heterocycles.